The molecule has 86 valence electrons. The van der Waals surface area contributed by atoms with Crippen molar-refractivity contribution in [3.05, 3.63) is 36.4 Å². The number of fused-ring (bicyclic) bond motifs is 1. The van der Waals surface area contributed by atoms with Gasteiger partial charge in [0.25, 0.3) is 0 Å². The molecule has 0 aromatic heterocycles. The summed E-state index contributed by atoms with van der Waals surface area (Å²) in [5, 5.41) is 3.50. The smallest absolute Gasteiger partial charge is 0.122 e. The van der Waals surface area contributed by atoms with Crippen LogP contribution in [0.3, 0.4) is 0 Å². The van der Waals surface area contributed by atoms with Gasteiger partial charge in [-0.15, -0.1) is 6.58 Å². The van der Waals surface area contributed by atoms with Crippen LogP contribution in [0.4, 0.5) is 5.69 Å². The van der Waals surface area contributed by atoms with Crippen LogP contribution in [0.2, 0.25) is 0 Å². The highest BCUT2D eigenvalue weighted by atomic mass is 16.5. The fourth-order valence-electron chi connectivity index (χ4n) is 2.00. The van der Waals surface area contributed by atoms with Crippen LogP contribution >= 0.6 is 0 Å². The topological polar surface area (TPSA) is 21.3 Å². The first kappa shape index (κ1) is 11.1. The summed E-state index contributed by atoms with van der Waals surface area (Å²) in [6.45, 7) is 6.77. The zero-order valence-corrected chi connectivity index (χ0v) is 9.83. The second kappa shape index (κ2) is 5.06. The number of benzene rings is 1. The Balaban J connectivity index is 1.96. The van der Waals surface area contributed by atoms with Gasteiger partial charge >= 0.3 is 0 Å². The zero-order valence-electron chi connectivity index (χ0n) is 9.83. The molecule has 16 heavy (non-hydrogen) atoms. The molecule has 2 heteroatoms. The predicted molar refractivity (Wildman–Crippen MR) is 68.2 cm³/mol. The number of nitrogens with one attached hydrogen (secondary N) is 1. The minimum Gasteiger partial charge on any atom is -0.493 e. The quantitative estimate of drug-likeness (QED) is 0.763. The van der Waals surface area contributed by atoms with E-state index in [1.165, 1.54) is 11.3 Å². The molecule has 2 rings (SSSR count). The third-order valence-electron chi connectivity index (χ3n) is 2.91. The largest absolute Gasteiger partial charge is 0.493 e. The van der Waals surface area contributed by atoms with E-state index in [0.717, 1.165) is 31.6 Å². The van der Waals surface area contributed by atoms with Crippen molar-refractivity contribution in [2.45, 2.75) is 32.2 Å². The second-order valence-electron chi connectivity index (χ2n) is 4.33. The van der Waals surface area contributed by atoms with E-state index in [1.54, 1.807) is 0 Å². The van der Waals surface area contributed by atoms with Crippen LogP contribution in [0, 0.1) is 0 Å². The molecular formula is C14H19NO. The monoisotopic (exact) mass is 217 g/mol. The highest BCUT2D eigenvalue weighted by molar-refractivity contribution is 5.52. The molecule has 1 aliphatic rings. The first-order valence-electron chi connectivity index (χ1n) is 5.93. The molecule has 1 N–H and O–H groups in total. The fourth-order valence-corrected chi connectivity index (χ4v) is 2.00. The van der Waals surface area contributed by atoms with Crippen molar-refractivity contribution in [1.82, 2.24) is 0 Å². The summed E-state index contributed by atoms with van der Waals surface area (Å²) in [6, 6.07) is 6.84. The average molecular weight is 217 g/mol. The minimum absolute atomic E-state index is 0.485. The Hall–Kier alpha value is -1.44. The molecule has 1 atom stereocenters. The molecule has 0 bridgehead atoms. The molecule has 1 aliphatic heterocycles. The Bertz CT molecular complexity index is 373. The second-order valence-corrected chi connectivity index (χ2v) is 4.33. The first-order valence-corrected chi connectivity index (χ1v) is 5.93. The van der Waals surface area contributed by atoms with Crippen molar-refractivity contribution in [2.24, 2.45) is 0 Å². The summed E-state index contributed by atoms with van der Waals surface area (Å²) in [4.78, 5) is 0. The normalized spacial score (nSPS) is 15.1. The molecule has 0 saturated heterocycles. The molecule has 1 unspecified atom stereocenters. The maximum Gasteiger partial charge on any atom is 0.122 e. The van der Waals surface area contributed by atoms with Crippen LogP contribution in [0.1, 0.15) is 25.3 Å². The molecule has 1 aromatic rings. The molecular weight excluding hydrogens is 198 g/mol. The van der Waals surface area contributed by atoms with Gasteiger partial charge in [-0.1, -0.05) is 6.08 Å². The maximum atomic E-state index is 5.48. The molecule has 0 amide bonds. The van der Waals surface area contributed by atoms with Gasteiger partial charge in [0.1, 0.15) is 5.75 Å². The molecule has 2 nitrogen and oxygen atoms in total. The Morgan fingerprint density at radius 3 is 3.25 bits per heavy atom. The summed E-state index contributed by atoms with van der Waals surface area (Å²) in [6.07, 6.45) is 5.18. The lowest BCUT2D eigenvalue weighted by Gasteiger charge is -2.14. The predicted octanol–water partition coefficient (Wildman–Crippen LogP) is 3.39. The van der Waals surface area contributed by atoms with Crippen molar-refractivity contribution in [1.29, 1.82) is 0 Å². The van der Waals surface area contributed by atoms with E-state index < -0.39 is 0 Å². The van der Waals surface area contributed by atoms with Crippen LogP contribution in [-0.2, 0) is 6.42 Å². The van der Waals surface area contributed by atoms with Crippen LogP contribution in [0.25, 0.3) is 0 Å². The minimum atomic E-state index is 0.485. The number of rotatable bonds is 5. The third-order valence-corrected chi connectivity index (χ3v) is 2.91. The van der Waals surface area contributed by atoms with Gasteiger partial charge in [-0.05, 0) is 43.5 Å². The van der Waals surface area contributed by atoms with Gasteiger partial charge in [-0.25, -0.2) is 0 Å². The SMILES string of the molecule is C=CCCC(C)Nc1ccc2c(c1)CCO2. The lowest BCUT2D eigenvalue weighted by atomic mass is 10.1. The summed E-state index contributed by atoms with van der Waals surface area (Å²) < 4.78 is 5.48. The molecule has 0 aliphatic carbocycles. The third kappa shape index (κ3) is 2.57. The number of anilines is 1. The Labute approximate surface area is 97.3 Å². The Morgan fingerprint density at radius 1 is 1.56 bits per heavy atom. The Morgan fingerprint density at radius 2 is 2.44 bits per heavy atom. The fraction of sp³-hybridized carbons (Fsp3) is 0.429. The summed E-state index contributed by atoms with van der Waals surface area (Å²) in [5.41, 5.74) is 2.52. The van der Waals surface area contributed by atoms with E-state index in [2.05, 4.69) is 37.0 Å². The molecule has 0 spiro atoms. The maximum absolute atomic E-state index is 5.48. The zero-order chi connectivity index (χ0) is 11.4. The van der Waals surface area contributed by atoms with Gasteiger partial charge in [0, 0.05) is 18.2 Å². The summed E-state index contributed by atoms with van der Waals surface area (Å²) >= 11 is 0. The highest BCUT2D eigenvalue weighted by Gasteiger charge is 2.12. The average Bonchev–Trinajstić information content (AvgIpc) is 2.73. The van der Waals surface area contributed by atoms with Crippen molar-refractivity contribution >= 4 is 5.69 Å². The number of hydrogen-bond acceptors (Lipinski definition) is 2. The van der Waals surface area contributed by atoms with Gasteiger partial charge in [-0.3, -0.25) is 0 Å². The van der Waals surface area contributed by atoms with E-state index in [4.69, 9.17) is 4.74 Å². The van der Waals surface area contributed by atoms with Gasteiger partial charge in [0.2, 0.25) is 0 Å². The van der Waals surface area contributed by atoms with E-state index in [0.29, 0.717) is 6.04 Å². The molecule has 0 fully saturated rings. The van der Waals surface area contributed by atoms with Gasteiger partial charge < -0.3 is 10.1 Å². The number of hydrogen-bond donors (Lipinski definition) is 1. The van der Waals surface area contributed by atoms with Gasteiger partial charge in [-0.2, -0.15) is 0 Å². The molecule has 1 aromatic carbocycles. The van der Waals surface area contributed by atoms with Crippen molar-refractivity contribution in [2.75, 3.05) is 11.9 Å². The van der Waals surface area contributed by atoms with Crippen LogP contribution in [0.5, 0.6) is 5.75 Å². The first-order chi connectivity index (χ1) is 7.79. The van der Waals surface area contributed by atoms with Crippen molar-refractivity contribution < 1.29 is 4.74 Å². The van der Waals surface area contributed by atoms with Crippen molar-refractivity contribution in [3.63, 3.8) is 0 Å². The molecule has 0 radical (unpaired) electrons. The molecule has 0 saturated carbocycles. The summed E-state index contributed by atoms with van der Waals surface area (Å²) in [7, 11) is 0. The van der Waals surface area contributed by atoms with E-state index in [9.17, 15) is 0 Å². The lowest BCUT2D eigenvalue weighted by Crippen LogP contribution is -2.14. The summed E-state index contributed by atoms with van der Waals surface area (Å²) in [5.74, 6) is 1.05. The van der Waals surface area contributed by atoms with E-state index in [1.807, 2.05) is 6.08 Å². The van der Waals surface area contributed by atoms with Crippen LogP contribution < -0.4 is 10.1 Å². The number of allylic oxidation sites excluding steroid dienone is 1. The lowest BCUT2D eigenvalue weighted by molar-refractivity contribution is 0.357. The number of ether oxygens (including phenoxy) is 1. The van der Waals surface area contributed by atoms with Crippen molar-refractivity contribution in [3.8, 4) is 5.75 Å². The molecule has 1 heterocycles. The highest BCUT2D eigenvalue weighted by Crippen LogP contribution is 2.28. The van der Waals surface area contributed by atoms with Crippen LogP contribution in [-0.4, -0.2) is 12.6 Å². The standard InChI is InChI=1S/C14H19NO/c1-3-4-5-11(2)15-13-6-7-14-12(10-13)8-9-16-14/h3,6-7,10-11,15H,1,4-5,8-9H2,2H3. The van der Waals surface area contributed by atoms with Crippen LogP contribution in [0.15, 0.2) is 30.9 Å². The Kier molecular flexibility index (Phi) is 3.50. The van der Waals surface area contributed by atoms with E-state index in [-0.39, 0.29) is 0 Å². The van der Waals surface area contributed by atoms with Gasteiger partial charge in [0.05, 0.1) is 6.61 Å². The van der Waals surface area contributed by atoms with Gasteiger partial charge in [0.15, 0.2) is 0 Å². The van der Waals surface area contributed by atoms with E-state index >= 15 is 0 Å².